The summed E-state index contributed by atoms with van der Waals surface area (Å²) in [6, 6.07) is -0.0473. The third-order valence-electron chi connectivity index (χ3n) is 5.19. The number of piperidine rings is 1. The summed E-state index contributed by atoms with van der Waals surface area (Å²) in [4.78, 5) is 26.3. The Labute approximate surface area is 139 Å². The molecule has 1 aliphatic carbocycles. The van der Waals surface area contributed by atoms with Crippen molar-refractivity contribution in [3.05, 3.63) is 6.33 Å². The lowest BCUT2D eigenvalue weighted by atomic mass is 9.97. The third kappa shape index (κ3) is 2.76. The van der Waals surface area contributed by atoms with E-state index in [-0.39, 0.29) is 30.9 Å². The molecule has 2 fully saturated rings. The molecular weight excluding hydrogens is 318 g/mol. The fourth-order valence-electron chi connectivity index (χ4n) is 3.39. The summed E-state index contributed by atoms with van der Waals surface area (Å²) in [6.07, 6.45) is 2.65. The molecule has 3 atom stereocenters. The van der Waals surface area contributed by atoms with Gasteiger partial charge in [-0.25, -0.2) is 18.7 Å². The van der Waals surface area contributed by atoms with Crippen molar-refractivity contribution in [1.29, 1.82) is 0 Å². The van der Waals surface area contributed by atoms with Crippen LogP contribution in [0.4, 0.5) is 20.7 Å². The number of carbonyl (C=O) groups is 1. The average molecular weight is 340 g/mol. The quantitative estimate of drug-likeness (QED) is 0.859. The maximum absolute atomic E-state index is 13.6. The van der Waals surface area contributed by atoms with Crippen LogP contribution in [0.25, 0.3) is 0 Å². The molecule has 2 heterocycles. The van der Waals surface area contributed by atoms with Crippen molar-refractivity contribution >= 4 is 17.8 Å². The van der Waals surface area contributed by atoms with E-state index >= 15 is 0 Å². The molecule has 3 rings (SSSR count). The Morgan fingerprint density at radius 2 is 2.17 bits per heavy atom. The van der Waals surface area contributed by atoms with Crippen LogP contribution in [0.2, 0.25) is 0 Å². The van der Waals surface area contributed by atoms with Crippen molar-refractivity contribution in [3.8, 4) is 0 Å². The highest BCUT2D eigenvalue weighted by Crippen LogP contribution is 2.62. The maximum atomic E-state index is 13.6. The van der Waals surface area contributed by atoms with Crippen molar-refractivity contribution in [3.63, 3.8) is 0 Å². The van der Waals surface area contributed by atoms with E-state index in [0.29, 0.717) is 12.5 Å². The van der Waals surface area contributed by atoms with E-state index in [2.05, 4.69) is 20.3 Å². The molecular formula is C15H22F2N6O. The van der Waals surface area contributed by atoms with Crippen LogP contribution in [-0.4, -0.2) is 45.4 Å². The number of nitrogen functional groups attached to an aromatic ring is 1. The second kappa shape index (κ2) is 5.78. The molecule has 0 aromatic carbocycles. The molecule has 132 valence electrons. The molecule has 1 aromatic heterocycles. The first kappa shape index (κ1) is 16.8. The van der Waals surface area contributed by atoms with Crippen LogP contribution in [0.3, 0.4) is 0 Å². The SMILES string of the molecule is CCC1(C(=O)NC2CCC(C)N(c3ncnc(N)n3)C2)CC1(F)F. The summed E-state index contributed by atoms with van der Waals surface area (Å²) in [5.41, 5.74) is 4.07. The number of nitrogens with one attached hydrogen (secondary N) is 1. The number of nitrogens with zero attached hydrogens (tertiary/aromatic N) is 4. The van der Waals surface area contributed by atoms with Gasteiger partial charge in [-0.3, -0.25) is 4.79 Å². The molecule has 1 aromatic rings. The van der Waals surface area contributed by atoms with Gasteiger partial charge in [0.05, 0.1) is 0 Å². The van der Waals surface area contributed by atoms with Crippen molar-refractivity contribution in [2.45, 2.75) is 57.5 Å². The molecule has 0 spiro atoms. The van der Waals surface area contributed by atoms with Gasteiger partial charge in [0.25, 0.3) is 5.92 Å². The van der Waals surface area contributed by atoms with Crippen LogP contribution < -0.4 is 16.0 Å². The molecule has 2 aliphatic rings. The lowest BCUT2D eigenvalue weighted by Gasteiger charge is -2.38. The van der Waals surface area contributed by atoms with E-state index in [1.165, 1.54) is 6.33 Å². The largest absolute Gasteiger partial charge is 0.368 e. The summed E-state index contributed by atoms with van der Waals surface area (Å²) >= 11 is 0. The molecule has 0 radical (unpaired) electrons. The Kier molecular flexibility index (Phi) is 4.05. The number of anilines is 2. The first-order chi connectivity index (χ1) is 11.3. The molecule has 24 heavy (non-hydrogen) atoms. The molecule has 3 N–H and O–H groups in total. The second-order valence-electron chi connectivity index (χ2n) is 6.71. The van der Waals surface area contributed by atoms with Gasteiger partial charge in [0.1, 0.15) is 11.7 Å². The van der Waals surface area contributed by atoms with Crippen molar-refractivity contribution in [2.75, 3.05) is 17.2 Å². The minimum Gasteiger partial charge on any atom is -0.368 e. The van der Waals surface area contributed by atoms with Crippen molar-refractivity contribution in [1.82, 2.24) is 20.3 Å². The zero-order chi connectivity index (χ0) is 17.5. The van der Waals surface area contributed by atoms with Gasteiger partial charge in [0, 0.05) is 25.0 Å². The summed E-state index contributed by atoms with van der Waals surface area (Å²) in [7, 11) is 0. The highest BCUT2D eigenvalue weighted by atomic mass is 19.3. The topological polar surface area (TPSA) is 97.0 Å². The van der Waals surface area contributed by atoms with E-state index in [1.807, 2.05) is 11.8 Å². The molecule has 9 heteroatoms. The van der Waals surface area contributed by atoms with Crippen LogP contribution in [0.15, 0.2) is 6.33 Å². The molecule has 1 aliphatic heterocycles. The lowest BCUT2D eigenvalue weighted by molar-refractivity contribution is -0.131. The highest BCUT2D eigenvalue weighted by Gasteiger charge is 2.74. The van der Waals surface area contributed by atoms with Crippen molar-refractivity contribution < 1.29 is 13.6 Å². The summed E-state index contributed by atoms with van der Waals surface area (Å²) in [5.74, 6) is -2.88. The number of nitrogens with two attached hydrogens (primary N) is 1. The van der Waals surface area contributed by atoms with Gasteiger partial charge in [-0.05, 0) is 26.2 Å². The summed E-state index contributed by atoms with van der Waals surface area (Å²) < 4.78 is 27.2. The molecule has 1 saturated carbocycles. The maximum Gasteiger partial charge on any atom is 0.263 e. The van der Waals surface area contributed by atoms with Gasteiger partial charge >= 0.3 is 0 Å². The Bertz CT molecular complexity index is 642. The Morgan fingerprint density at radius 1 is 1.46 bits per heavy atom. The van der Waals surface area contributed by atoms with Gasteiger partial charge in [0.2, 0.25) is 17.8 Å². The number of amides is 1. The predicted octanol–water partition coefficient (Wildman–Crippen LogP) is 1.36. The minimum atomic E-state index is -2.89. The van der Waals surface area contributed by atoms with E-state index in [0.717, 1.165) is 12.8 Å². The first-order valence-corrected chi connectivity index (χ1v) is 8.19. The fraction of sp³-hybridized carbons (Fsp3) is 0.733. The monoisotopic (exact) mass is 340 g/mol. The zero-order valence-corrected chi connectivity index (χ0v) is 13.8. The number of rotatable bonds is 4. The molecule has 0 bridgehead atoms. The minimum absolute atomic E-state index is 0.126. The number of hydrogen-bond donors (Lipinski definition) is 2. The fourth-order valence-corrected chi connectivity index (χ4v) is 3.39. The average Bonchev–Trinajstić information content (AvgIpc) is 3.12. The van der Waals surface area contributed by atoms with E-state index in [1.54, 1.807) is 6.92 Å². The normalized spacial score (nSPS) is 31.6. The number of carbonyl (C=O) groups excluding carboxylic acids is 1. The molecule has 1 amide bonds. The number of aromatic nitrogens is 3. The predicted molar refractivity (Wildman–Crippen MR) is 84.5 cm³/mol. The van der Waals surface area contributed by atoms with Crippen LogP contribution in [0.1, 0.15) is 39.5 Å². The van der Waals surface area contributed by atoms with E-state index in [9.17, 15) is 13.6 Å². The Balaban J connectivity index is 1.69. The molecule has 3 unspecified atom stereocenters. The number of alkyl halides is 2. The number of hydrogen-bond acceptors (Lipinski definition) is 6. The van der Waals surface area contributed by atoms with Gasteiger partial charge in [-0.1, -0.05) is 6.92 Å². The Hall–Kier alpha value is -2.06. The van der Waals surface area contributed by atoms with Gasteiger partial charge in [0.15, 0.2) is 0 Å². The number of halogens is 2. The second-order valence-corrected chi connectivity index (χ2v) is 6.71. The van der Waals surface area contributed by atoms with E-state index < -0.39 is 17.2 Å². The first-order valence-electron chi connectivity index (χ1n) is 8.19. The van der Waals surface area contributed by atoms with Gasteiger partial charge < -0.3 is 16.0 Å². The van der Waals surface area contributed by atoms with Crippen LogP contribution >= 0.6 is 0 Å². The zero-order valence-electron chi connectivity index (χ0n) is 13.8. The summed E-state index contributed by atoms with van der Waals surface area (Å²) in [6.45, 7) is 4.12. The standard InChI is InChI=1S/C15H22F2N6O/c1-3-14(7-15(14,16)17)11(24)21-10-5-4-9(2)23(6-10)13-20-8-19-12(18)22-13/h8-10H,3-7H2,1-2H3,(H,21,24)(H2,18,19,20,22). The highest BCUT2D eigenvalue weighted by molar-refractivity contribution is 5.87. The van der Waals surface area contributed by atoms with Gasteiger partial charge in [-0.2, -0.15) is 4.98 Å². The summed E-state index contributed by atoms with van der Waals surface area (Å²) in [5, 5.41) is 2.80. The molecule has 1 saturated heterocycles. The van der Waals surface area contributed by atoms with E-state index in [4.69, 9.17) is 5.73 Å². The smallest absolute Gasteiger partial charge is 0.263 e. The van der Waals surface area contributed by atoms with Crippen LogP contribution in [-0.2, 0) is 4.79 Å². The van der Waals surface area contributed by atoms with Crippen molar-refractivity contribution in [2.24, 2.45) is 5.41 Å². The van der Waals surface area contributed by atoms with Crippen LogP contribution in [0.5, 0.6) is 0 Å². The lowest BCUT2D eigenvalue weighted by Crippen LogP contribution is -2.53. The van der Waals surface area contributed by atoms with Crippen LogP contribution in [0, 0.1) is 5.41 Å². The van der Waals surface area contributed by atoms with Gasteiger partial charge in [-0.15, -0.1) is 0 Å². The Morgan fingerprint density at radius 3 is 2.75 bits per heavy atom. The third-order valence-corrected chi connectivity index (χ3v) is 5.19. The molecule has 7 nitrogen and oxygen atoms in total.